The zero-order valence-electron chi connectivity index (χ0n) is 12.6. The third-order valence-electron chi connectivity index (χ3n) is 3.58. The van der Waals surface area contributed by atoms with Gasteiger partial charge in [0.25, 0.3) is 5.69 Å². The van der Waals surface area contributed by atoms with E-state index < -0.39 is 4.92 Å². The molecule has 24 heavy (non-hydrogen) atoms. The van der Waals surface area contributed by atoms with Crippen LogP contribution in [0.15, 0.2) is 72.9 Å². The van der Waals surface area contributed by atoms with E-state index in [1.807, 2.05) is 48.5 Å². The Kier molecular flexibility index (Phi) is 4.72. The van der Waals surface area contributed by atoms with E-state index in [0.29, 0.717) is 10.7 Å². The number of aromatic nitrogens is 1. The lowest BCUT2D eigenvalue weighted by molar-refractivity contribution is -0.384. The molecule has 0 saturated carbocycles. The highest BCUT2D eigenvalue weighted by Crippen LogP contribution is 2.31. The van der Waals surface area contributed by atoms with Crippen LogP contribution in [0.4, 0.5) is 11.4 Å². The molecule has 5 nitrogen and oxygen atoms in total. The quantitative estimate of drug-likeness (QED) is 0.533. The molecule has 2 aromatic carbocycles. The number of halogens is 1. The molecule has 120 valence electrons. The molecule has 0 aliphatic heterocycles. The summed E-state index contributed by atoms with van der Waals surface area (Å²) in [6.07, 6.45) is 1.73. The van der Waals surface area contributed by atoms with E-state index in [9.17, 15) is 10.1 Å². The number of rotatable bonds is 5. The van der Waals surface area contributed by atoms with Crippen molar-refractivity contribution in [1.82, 2.24) is 4.98 Å². The molecular formula is C18H14ClN3O2. The number of hydrogen-bond donors (Lipinski definition) is 1. The maximum atomic E-state index is 10.8. The summed E-state index contributed by atoms with van der Waals surface area (Å²) >= 11 is 6.21. The van der Waals surface area contributed by atoms with Gasteiger partial charge in [-0.1, -0.05) is 48.0 Å². The van der Waals surface area contributed by atoms with Gasteiger partial charge in [-0.25, -0.2) is 0 Å². The number of nitrogens with one attached hydrogen (secondary N) is 1. The fourth-order valence-corrected chi connectivity index (χ4v) is 2.64. The summed E-state index contributed by atoms with van der Waals surface area (Å²) in [5.41, 5.74) is 2.42. The van der Waals surface area contributed by atoms with Gasteiger partial charge in [0.05, 0.1) is 27.4 Å². The number of nitro groups is 1. The largest absolute Gasteiger partial charge is 0.372 e. The van der Waals surface area contributed by atoms with Crippen molar-refractivity contribution in [3.63, 3.8) is 0 Å². The van der Waals surface area contributed by atoms with Crippen molar-refractivity contribution in [2.24, 2.45) is 0 Å². The van der Waals surface area contributed by atoms with Crippen LogP contribution in [0.25, 0.3) is 0 Å². The van der Waals surface area contributed by atoms with E-state index in [2.05, 4.69) is 10.3 Å². The van der Waals surface area contributed by atoms with E-state index in [4.69, 9.17) is 11.6 Å². The average molecular weight is 340 g/mol. The van der Waals surface area contributed by atoms with Gasteiger partial charge in [-0.15, -0.1) is 0 Å². The second-order valence-electron chi connectivity index (χ2n) is 5.16. The van der Waals surface area contributed by atoms with Gasteiger partial charge in [0, 0.05) is 18.3 Å². The van der Waals surface area contributed by atoms with E-state index in [1.54, 1.807) is 12.3 Å². The predicted molar refractivity (Wildman–Crippen MR) is 94.3 cm³/mol. The molecule has 0 saturated heterocycles. The van der Waals surface area contributed by atoms with Gasteiger partial charge in [0.1, 0.15) is 0 Å². The summed E-state index contributed by atoms with van der Waals surface area (Å²) in [5, 5.41) is 14.5. The van der Waals surface area contributed by atoms with Crippen LogP contribution in [0.5, 0.6) is 0 Å². The van der Waals surface area contributed by atoms with E-state index >= 15 is 0 Å². The van der Waals surface area contributed by atoms with E-state index in [1.165, 1.54) is 12.1 Å². The summed E-state index contributed by atoms with van der Waals surface area (Å²) in [5.74, 6) is 0. The number of nitrogens with zero attached hydrogens (tertiary/aromatic N) is 2. The summed E-state index contributed by atoms with van der Waals surface area (Å²) in [4.78, 5) is 14.8. The lowest BCUT2D eigenvalue weighted by Gasteiger charge is -2.20. The first-order chi connectivity index (χ1) is 11.6. The SMILES string of the molecule is O=[N+]([O-])c1ccc(NC(c2ccccc2)c2ccccn2)c(Cl)c1. The molecule has 0 aliphatic carbocycles. The maximum Gasteiger partial charge on any atom is 0.271 e. The highest BCUT2D eigenvalue weighted by Gasteiger charge is 2.17. The molecule has 1 aromatic heterocycles. The van der Waals surface area contributed by atoms with Crippen LogP contribution < -0.4 is 5.32 Å². The van der Waals surface area contributed by atoms with Gasteiger partial charge in [-0.2, -0.15) is 0 Å². The molecule has 1 heterocycles. The van der Waals surface area contributed by atoms with Crippen LogP contribution in [0.1, 0.15) is 17.3 Å². The molecule has 0 spiro atoms. The summed E-state index contributed by atoms with van der Waals surface area (Å²) < 4.78 is 0. The van der Waals surface area contributed by atoms with Crippen molar-refractivity contribution in [3.8, 4) is 0 Å². The van der Waals surface area contributed by atoms with Gasteiger partial charge in [-0.05, 0) is 23.8 Å². The molecule has 0 bridgehead atoms. The van der Waals surface area contributed by atoms with E-state index in [0.717, 1.165) is 11.3 Å². The Morgan fingerprint density at radius 2 is 1.79 bits per heavy atom. The molecule has 1 N–H and O–H groups in total. The Balaban J connectivity index is 1.97. The van der Waals surface area contributed by atoms with Crippen molar-refractivity contribution in [2.75, 3.05) is 5.32 Å². The van der Waals surface area contributed by atoms with Crippen molar-refractivity contribution < 1.29 is 4.92 Å². The zero-order chi connectivity index (χ0) is 16.9. The Hall–Kier alpha value is -2.92. The first kappa shape index (κ1) is 16.0. The molecule has 0 amide bonds. The van der Waals surface area contributed by atoms with Gasteiger partial charge >= 0.3 is 0 Å². The Morgan fingerprint density at radius 1 is 1.04 bits per heavy atom. The van der Waals surface area contributed by atoms with Gasteiger partial charge < -0.3 is 5.32 Å². The number of benzene rings is 2. The molecule has 1 unspecified atom stereocenters. The topological polar surface area (TPSA) is 68.1 Å². The molecule has 0 radical (unpaired) electrons. The van der Waals surface area contributed by atoms with Crippen LogP contribution in [0.2, 0.25) is 5.02 Å². The number of non-ortho nitro benzene ring substituents is 1. The fraction of sp³-hybridized carbons (Fsp3) is 0.0556. The first-order valence-electron chi connectivity index (χ1n) is 7.31. The monoisotopic (exact) mass is 339 g/mol. The maximum absolute atomic E-state index is 10.8. The average Bonchev–Trinajstić information content (AvgIpc) is 2.62. The van der Waals surface area contributed by atoms with Gasteiger partial charge in [-0.3, -0.25) is 15.1 Å². The van der Waals surface area contributed by atoms with Crippen LogP contribution in [-0.4, -0.2) is 9.91 Å². The standard InChI is InChI=1S/C18H14ClN3O2/c19-15-12-14(22(23)24)9-10-16(15)21-18(13-6-2-1-3-7-13)17-8-4-5-11-20-17/h1-12,18,21H. The molecule has 0 fully saturated rings. The molecule has 1 atom stereocenters. The minimum absolute atomic E-state index is 0.0420. The fourth-order valence-electron chi connectivity index (χ4n) is 2.41. The molecule has 3 rings (SSSR count). The molecule has 0 aliphatic rings. The number of pyridine rings is 1. The van der Waals surface area contributed by atoms with Crippen molar-refractivity contribution in [1.29, 1.82) is 0 Å². The van der Waals surface area contributed by atoms with Crippen LogP contribution in [-0.2, 0) is 0 Å². The Bertz CT molecular complexity index is 802. The Labute approximate surface area is 144 Å². The van der Waals surface area contributed by atoms with Crippen LogP contribution in [0, 0.1) is 10.1 Å². The molecule has 3 aromatic rings. The van der Waals surface area contributed by atoms with E-state index in [-0.39, 0.29) is 11.7 Å². The van der Waals surface area contributed by atoms with Crippen LogP contribution in [0.3, 0.4) is 0 Å². The van der Waals surface area contributed by atoms with Crippen molar-refractivity contribution in [2.45, 2.75) is 6.04 Å². The molecule has 6 heteroatoms. The highest BCUT2D eigenvalue weighted by atomic mass is 35.5. The highest BCUT2D eigenvalue weighted by molar-refractivity contribution is 6.33. The lowest BCUT2D eigenvalue weighted by atomic mass is 10.0. The van der Waals surface area contributed by atoms with Crippen molar-refractivity contribution >= 4 is 23.0 Å². The summed E-state index contributed by atoms with van der Waals surface area (Å²) in [6.45, 7) is 0. The third-order valence-corrected chi connectivity index (χ3v) is 3.89. The minimum Gasteiger partial charge on any atom is -0.372 e. The summed E-state index contributed by atoms with van der Waals surface area (Å²) in [7, 11) is 0. The number of anilines is 1. The predicted octanol–water partition coefficient (Wildman–Crippen LogP) is 4.84. The summed E-state index contributed by atoms with van der Waals surface area (Å²) in [6, 6.07) is 19.7. The Morgan fingerprint density at radius 3 is 2.42 bits per heavy atom. The van der Waals surface area contributed by atoms with Crippen LogP contribution >= 0.6 is 11.6 Å². The number of nitro benzene ring substituents is 1. The van der Waals surface area contributed by atoms with Crippen molar-refractivity contribution in [3.05, 3.63) is 99.3 Å². The lowest BCUT2D eigenvalue weighted by Crippen LogP contribution is -2.14. The second-order valence-corrected chi connectivity index (χ2v) is 5.57. The molecular weight excluding hydrogens is 326 g/mol. The number of hydrogen-bond acceptors (Lipinski definition) is 4. The second kappa shape index (κ2) is 7.10. The minimum atomic E-state index is -0.469. The normalized spacial score (nSPS) is 11.7. The zero-order valence-corrected chi connectivity index (χ0v) is 13.4. The third kappa shape index (κ3) is 3.52. The van der Waals surface area contributed by atoms with Gasteiger partial charge in [0.15, 0.2) is 0 Å². The van der Waals surface area contributed by atoms with Gasteiger partial charge in [0.2, 0.25) is 0 Å². The first-order valence-corrected chi connectivity index (χ1v) is 7.69. The smallest absolute Gasteiger partial charge is 0.271 e.